The predicted octanol–water partition coefficient (Wildman–Crippen LogP) is 9.32. The molecule has 0 bridgehead atoms. The number of phenols is 1. The number of azo groups is 1. The van der Waals surface area contributed by atoms with Crippen LogP contribution in [-0.2, 0) is 15.6 Å². The van der Waals surface area contributed by atoms with E-state index in [9.17, 15) is 14.7 Å². The number of hydrogen-bond acceptors (Lipinski definition) is 7. The number of ether oxygens (including phenoxy) is 2. The fraction of sp³-hybridized carbons (Fsp3) is 0.368. The first-order chi connectivity index (χ1) is 21.9. The molecule has 0 aliphatic rings. The lowest BCUT2D eigenvalue weighted by Gasteiger charge is -2.30. The monoisotopic (exact) mass is 623 g/mol. The quantitative estimate of drug-likeness (QED) is 0.0876. The Hall–Kier alpha value is -4.72. The van der Waals surface area contributed by atoms with Gasteiger partial charge >= 0.3 is 5.97 Å². The van der Waals surface area contributed by atoms with Crippen molar-refractivity contribution < 1.29 is 24.2 Å². The van der Waals surface area contributed by atoms with E-state index in [0.717, 1.165) is 18.6 Å². The molecule has 0 saturated carbocycles. The molecule has 4 rings (SSSR count). The summed E-state index contributed by atoms with van der Waals surface area (Å²) in [7, 11) is 1.30. The number of hydrogen-bond donors (Lipinski definition) is 2. The third kappa shape index (κ3) is 7.56. The summed E-state index contributed by atoms with van der Waals surface area (Å²) in [5, 5.41) is 23.7. The molecule has 0 fully saturated rings. The van der Waals surface area contributed by atoms with Crippen molar-refractivity contribution in [3.63, 3.8) is 0 Å². The third-order valence-electron chi connectivity index (χ3n) is 8.94. The maximum atomic E-state index is 13.3. The van der Waals surface area contributed by atoms with Crippen LogP contribution in [0.1, 0.15) is 92.6 Å². The van der Waals surface area contributed by atoms with Crippen molar-refractivity contribution in [2.75, 3.05) is 20.3 Å². The van der Waals surface area contributed by atoms with Gasteiger partial charge in [0.05, 0.1) is 30.5 Å². The number of nitrogens with one attached hydrogen (secondary N) is 1. The Labute approximate surface area is 271 Å². The van der Waals surface area contributed by atoms with Gasteiger partial charge in [0, 0.05) is 22.9 Å². The van der Waals surface area contributed by atoms with Crippen LogP contribution in [0.5, 0.6) is 11.5 Å². The molecule has 0 aliphatic carbocycles. The summed E-state index contributed by atoms with van der Waals surface area (Å²) < 4.78 is 11.1. The number of esters is 1. The Morgan fingerprint density at radius 2 is 1.46 bits per heavy atom. The second kappa shape index (κ2) is 14.6. The van der Waals surface area contributed by atoms with Crippen LogP contribution >= 0.6 is 0 Å². The van der Waals surface area contributed by atoms with E-state index in [-0.39, 0.29) is 27.7 Å². The van der Waals surface area contributed by atoms with E-state index in [2.05, 4.69) is 75.3 Å². The average molecular weight is 624 g/mol. The highest BCUT2D eigenvalue weighted by Crippen LogP contribution is 2.39. The number of benzene rings is 4. The maximum absolute atomic E-state index is 13.3. The van der Waals surface area contributed by atoms with Crippen molar-refractivity contribution in [1.29, 1.82) is 0 Å². The maximum Gasteiger partial charge on any atom is 0.340 e. The van der Waals surface area contributed by atoms with Crippen LogP contribution in [0.25, 0.3) is 10.8 Å². The predicted molar refractivity (Wildman–Crippen MR) is 183 cm³/mol. The van der Waals surface area contributed by atoms with Crippen molar-refractivity contribution >= 4 is 34.0 Å². The normalized spacial score (nSPS) is 12.0. The number of carbonyl (C=O) groups excluding carboxylic acids is 2. The molecular weight excluding hydrogens is 578 g/mol. The molecule has 0 heterocycles. The first-order valence-corrected chi connectivity index (χ1v) is 15.8. The molecule has 0 spiro atoms. The Bertz CT molecular complexity index is 1740. The molecule has 1 amide bonds. The van der Waals surface area contributed by atoms with Crippen molar-refractivity contribution in [3.8, 4) is 11.5 Å². The molecular formula is C38H45N3O5. The smallest absolute Gasteiger partial charge is 0.340 e. The number of amides is 1. The summed E-state index contributed by atoms with van der Waals surface area (Å²) >= 11 is 0. The van der Waals surface area contributed by atoms with E-state index in [1.165, 1.54) is 24.3 Å². The molecule has 0 unspecified atom stereocenters. The Balaban J connectivity index is 1.49. The zero-order valence-electron chi connectivity index (χ0n) is 27.9. The van der Waals surface area contributed by atoms with Crippen LogP contribution in [0.15, 0.2) is 83.0 Å². The molecule has 242 valence electrons. The summed E-state index contributed by atoms with van der Waals surface area (Å²) in [6, 6.07) is 21.8. The summed E-state index contributed by atoms with van der Waals surface area (Å²) in [5.74, 6) is -0.241. The minimum absolute atomic E-state index is 0.0482. The fourth-order valence-corrected chi connectivity index (χ4v) is 5.10. The average Bonchev–Trinajstić information content (AvgIpc) is 3.07. The zero-order chi connectivity index (χ0) is 33.5. The molecule has 0 aliphatic heterocycles. The van der Waals surface area contributed by atoms with Crippen LogP contribution in [0.4, 0.5) is 11.4 Å². The van der Waals surface area contributed by atoms with Crippen molar-refractivity contribution in [2.24, 2.45) is 10.2 Å². The van der Waals surface area contributed by atoms with E-state index >= 15 is 0 Å². The van der Waals surface area contributed by atoms with Crippen molar-refractivity contribution in [2.45, 2.75) is 71.6 Å². The number of fused-ring (bicyclic) bond motifs is 1. The molecule has 2 N–H and O–H groups in total. The first kappa shape index (κ1) is 34.2. The lowest BCUT2D eigenvalue weighted by molar-refractivity contribution is 0.0601. The number of rotatable bonds is 13. The van der Waals surface area contributed by atoms with Gasteiger partial charge < -0.3 is 19.9 Å². The summed E-state index contributed by atoms with van der Waals surface area (Å²) in [5.41, 5.74) is 3.56. The molecule has 8 nitrogen and oxygen atoms in total. The van der Waals surface area contributed by atoms with Gasteiger partial charge in [-0.15, -0.1) is 10.2 Å². The fourth-order valence-electron chi connectivity index (χ4n) is 5.10. The van der Waals surface area contributed by atoms with Gasteiger partial charge in [-0.1, -0.05) is 90.1 Å². The van der Waals surface area contributed by atoms with Crippen molar-refractivity contribution in [1.82, 2.24) is 5.32 Å². The minimum Gasteiger partial charge on any atom is -0.506 e. The van der Waals surface area contributed by atoms with Crippen LogP contribution in [0.2, 0.25) is 0 Å². The molecule has 46 heavy (non-hydrogen) atoms. The molecule has 0 radical (unpaired) electrons. The third-order valence-corrected chi connectivity index (χ3v) is 8.94. The van der Waals surface area contributed by atoms with E-state index in [1.807, 2.05) is 6.07 Å². The van der Waals surface area contributed by atoms with Gasteiger partial charge in [-0.25, -0.2) is 4.79 Å². The highest BCUT2D eigenvalue weighted by atomic mass is 16.5. The largest absolute Gasteiger partial charge is 0.506 e. The Kier molecular flexibility index (Phi) is 10.8. The Morgan fingerprint density at radius 3 is 2.15 bits per heavy atom. The van der Waals surface area contributed by atoms with E-state index in [1.54, 1.807) is 42.5 Å². The van der Waals surface area contributed by atoms with Gasteiger partial charge in [0.1, 0.15) is 17.2 Å². The molecule has 4 aromatic rings. The first-order valence-electron chi connectivity index (χ1n) is 15.8. The summed E-state index contributed by atoms with van der Waals surface area (Å²) in [4.78, 5) is 25.5. The van der Waals surface area contributed by atoms with Gasteiger partial charge in [-0.2, -0.15) is 0 Å². The standard InChI is InChI=1S/C38H45N3O5/c1-8-37(3,4)25-19-20-33(30(23-25)38(5,6)9-2)46-22-14-21-39-35(43)29-24-32(26-15-10-11-16-27(26)34(29)42)41-40-31-18-13-12-17-28(31)36(44)45-7/h10-13,15-20,23-24,42H,8-9,14,21-22H2,1-7H3,(H,39,43). The highest BCUT2D eigenvalue weighted by molar-refractivity contribution is 6.07. The number of carbonyl (C=O) groups is 2. The number of aromatic hydroxyl groups is 1. The summed E-state index contributed by atoms with van der Waals surface area (Å²) in [6.07, 6.45) is 2.59. The molecule has 0 aromatic heterocycles. The van der Waals surface area contributed by atoms with Crippen LogP contribution in [0, 0.1) is 0 Å². The molecule has 4 aromatic carbocycles. The van der Waals surface area contributed by atoms with Gasteiger partial charge in [-0.05, 0) is 59.9 Å². The van der Waals surface area contributed by atoms with Crippen LogP contribution in [0.3, 0.4) is 0 Å². The van der Waals surface area contributed by atoms with E-state index in [0.29, 0.717) is 41.7 Å². The second-order valence-corrected chi connectivity index (χ2v) is 12.7. The van der Waals surface area contributed by atoms with Crippen molar-refractivity contribution in [3.05, 3.63) is 95.1 Å². The molecule has 0 atom stereocenters. The van der Waals surface area contributed by atoms with Crippen LogP contribution < -0.4 is 10.1 Å². The highest BCUT2D eigenvalue weighted by Gasteiger charge is 2.26. The molecule has 8 heteroatoms. The SMILES string of the molecule is CCC(C)(C)c1ccc(OCCCNC(=O)c2cc(N=Nc3ccccc3C(=O)OC)c3ccccc3c2O)c(C(C)(C)CC)c1. The lowest BCUT2D eigenvalue weighted by Crippen LogP contribution is -2.26. The van der Waals surface area contributed by atoms with Gasteiger partial charge in [0.15, 0.2) is 0 Å². The zero-order valence-corrected chi connectivity index (χ0v) is 27.9. The molecule has 0 saturated heterocycles. The lowest BCUT2D eigenvalue weighted by atomic mass is 9.76. The van der Waals surface area contributed by atoms with Gasteiger partial charge in [0.25, 0.3) is 5.91 Å². The number of phenolic OH excluding ortho intramolecular Hbond substituents is 1. The van der Waals surface area contributed by atoms with Crippen LogP contribution in [-0.4, -0.2) is 37.2 Å². The minimum atomic E-state index is -0.531. The summed E-state index contributed by atoms with van der Waals surface area (Å²) in [6.45, 7) is 14.2. The van der Waals surface area contributed by atoms with Gasteiger partial charge in [-0.3, -0.25) is 4.79 Å². The topological polar surface area (TPSA) is 110 Å². The Morgan fingerprint density at radius 1 is 0.804 bits per heavy atom. The second-order valence-electron chi connectivity index (χ2n) is 12.7. The van der Waals surface area contributed by atoms with E-state index < -0.39 is 11.9 Å². The van der Waals surface area contributed by atoms with E-state index in [4.69, 9.17) is 9.47 Å². The number of nitrogens with zero attached hydrogens (tertiary/aromatic N) is 2. The van der Waals surface area contributed by atoms with Gasteiger partial charge in [0.2, 0.25) is 0 Å². The number of methoxy groups -OCH3 is 1.